The summed E-state index contributed by atoms with van der Waals surface area (Å²) in [4.78, 5) is 26.0. The van der Waals surface area contributed by atoms with Crippen molar-refractivity contribution in [1.29, 1.82) is 0 Å². The van der Waals surface area contributed by atoms with Crippen molar-refractivity contribution in [1.82, 2.24) is 19.5 Å². The Kier molecular flexibility index (Phi) is 4.53. The van der Waals surface area contributed by atoms with E-state index >= 15 is 0 Å². The smallest absolute Gasteiger partial charge is 0.270 e. The number of amides is 1. The van der Waals surface area contributed by atoms with Gasteiger partial charge in [0, 0.05) is 18.2 Å². The summed E-state index contributed by atoms with van der Waals surface area (Å²) in [5.41, 5.74) is 1.36. The number of rotatable bonds is 4. The molecule has 3 heterocycles. The fraction of sp³-hybridized carbons (Fsp3) is 0.550. The van der Waals surface area contributed by atoms with Crippen molar-refractivity contribution in [2.24, 2.45) is 5.41 Å². The molecule has 1 amide bonds. The number of carbonyl (C=O) groups is 1. The van der Waals surface area contributed by atoms with E-state index in [2.05, 4.69) is 10.4 Å². The van der Waals surface area contributed by atoms with Gasteiger partial charge in [-0.25, -0.2) is 0 Å². The molecule has 0 saturated heterocycles. The van der Waals surface area contributed by atoms with E-state index in [1.165, 1.54) is 4.52 Å². The molecule has 1 aliphatic carbocycles. The summed E-state index contributed by atoms with van der Waals surface area (Å²) in [6, 6.07) is 0.0821. The predicted octanol–water partition coefficient (Wildman–Crippen LogP) is 1.94. The van der Waals surface area contributed by atoms with Crippen molar-refractivity contribution in [3.63, 3.8) is 0 Å². The van der Waals surface area contributed by atoms with Gasteiger partial charge in [-0.15, -0.1) is 0 Å². The van der Waals surface area contributed by atoms with Gasteiger partial charge in [0.15, 0.2) is 5.56 Å². The molecule has 0 spiro atoms. The minimum Gasteiger partial charge on any atom is -0.492 e. The standard InChI is InChI=1S/C20H26N4O4/c1-20(2,3)11-23-17-14(12-6-8-28-9-7-12)10-21-24(17)19(27)15(18(23)26)16(25)22-13-4-5-13/h6,10,13,27H,4-5,7-9,11H2,1-3H3,(H,22,25). The maximum atomic E-state index is 13.3. The summed E-state index contributed by atoms with van der Waals surface area (Å²) < 4.78 is 8.26. The molecular formula is C20H26N4O4. The number of aromatic nitrogens is 3. The van der Waals surface area contributed by atoms with Crippen LogP contribution in [-0.4, -0.2) is 44.5 Å². The first kappa shape index (κ1) is 18.7. The third-order valence-electron chi connectivity index (χ3n) is 4.96. The van der Waals surface area contributed by atoms with Crippen molar-refractivity contribution < 1.29 is 14.6 Å². The van der Waals surface area contributed by atoms with Gasteiger partial charge in [0.25, 0.3) is 11.5 Å². The molecule has 8 heteroatoms. The minimum atomic E-state index is -0.545. The summed E-state index contributed by atoms with van der Waals surface area (Å²) >= 11 is 0. The molecule has 2 aliphatic rings. The van der Waals surface area contributed by atoms with Crippen LogP contribution in [0.25, 0.3) is 11.2 Å². The number of carbonyl (C=O) groups excluding carboxylic acids is 1. The second kappa shape index (κ2) is 6.77. The average molecular weight is 386 g/mol. The quantitative estimate of drug-likeness (QED) is 0.837. The first-order valence-corrected chi connectivity index (χ1v) is 9.68. The molecule has 0 bridgehead atoms. The number of ether oxygens (including phenoxy) is 1. The molecule has 0 atom stereocenters. The Morgan fingerprint density at radius 3 is 2.75 bits per heavy atom. The van der Waals surface area contributed by atoms with Crippen molar-refractivity contribution in [2.75, 3.05) is 13.2 Å². The third kappa shape index (κ3) is 3.44. The van der Waals surface area contributed by atoms with E-state index in [0.29, 0.717) is 31.8 Å². The Labute approximate surface area is 162 Å². The SMILES string of the molecule is CC(C)(C)Cn1c(=O)c(C(=O)NC2CC2)c(O)n2ncc(C3=CCOCC3)c12. The Bertz CT molecular complexity index is 1020. The molecule has 0 radical (unpaired) electrons. The van der Waals surface area contributed by atoms with Crippen molar-refractivity contribution in [2.45, 2.75) is 52.6 Å². The lowest BCUT2D eigenvalue weighted by molar-refractivity contribution is 0.0944. The molecule has 4 rings (SSSR count). The second-order valence-electron chi connectivity index (χ2n) is 8.75. The maximum absolute atomic E-state index is 13.3. The third-order valence-corrected chi connectivity index (χ3v) is 4.96. The van der Waals surface area contributed by atoms with Gasteiger partial charge in [0.1, 0.15) is 5.65 Å². The van der Waals surface area contributed by atoms with Crippen LogP contribution in [0.2, 0.25) is 0 Å². The van der Waals surface area contributed by atoms with Crippen molar-refractivity contribution in [3.05, 3.63) is 33.8 Å². The topological polar surface area (TPSA) is 97.9 Å². The average Bonchev–Trinajstić information content (AvgIpc) is 3.32. The highest BCUT2D eigenvalue weighted by molar-refractivity contribution is 5.97. The summed E-state index contributed by atoms with van der Waals surface area (Å²) in [7, 11) is 0. The highest BCUT2D eigenvalue weighted by Crippen LogP contribution is 2.29. The van der Waals surface area contributed by atoms with Gasteiger partial charge in [-0.1, -0.05) is 26.8 Å². The van der Waals surface area contributed by atoms with Crippen molar-refractivity contribution >= 4 is 17.1 Å². The summed E-state index contributed by atoms with van der Waals surface area (Å²) in [5, 5.41) is 17.9. The van der Waals surface area contributed by atoms with E-state index in [1.54, 1.807) is 10.8 Å². The number of fused-ring (bicyclic) bond motifs is 1. The lowest BCUT2D eigenvalue weighted by Gasteiger charge is -2.23. The number of aromatic hydroxyl groups is 1. The van der Waals surface area contributed by atoms with E-state index in [-0.39, 0.29) is 17.0 Å². The zero-order valence-electron chi connectivity index (χ0n) is 16.5. The molecule has 0 aromatic carbocycles. The van der Waals surface area contributed by atoms with Crippen LogP contribution in [0.5, 0.6) is 5.88 Å². The van der Waals surface area contributed by atoms with Gasteiger partial charge in [0.2, 0.25) is 5.88 Å². The van der Waals surface area contributed by atoms with E-state index in [4.69, 9.17) is 4.74 Å². The van der Waals surface area contributed by atoms with Crippen LogP contribution in [0.3, 0.4) is 0 Å². The second-order valence-corrected chi connectivity index (χ2v) is 8.75. The van der Waals surface area contributed by atoms with Crippen LogP contribution < -0.4 is 10.9 Å². The highest BCUT2D eigenvalue weighted by Gasteiger charge is 2.31. The largest absolute Gasteiger partial charge is 0.492 e. The molecule has 150 valence electrons. The van der Waals surface area contributed by atoms with Crippen LogP contribution >= 0.6 is 0 Å². The zero-order valence-corrected chi connectivity index (χ0v) is 16.5. The maximum Gasteiger partial charge on any atom is 0.270 e. The predicted molar refractivity (Wildman–Crippen MR) is 104 cm³/mol. The molecule has 2 aromatic rings. The Hall–Kier alpha value is -2.61. The van der Waals surface area contributed by atoms with E-state index in [0.717, 1.165) is 24.0 Å². The molecule has 1 fully saturated rings. The zero-order chi connectivity index (χ0) is 20.1. The summed E-state index contributed by atoms with van der Waals surface area (Å²) in [5.74, 6) is -0.959. The molecule has 28 heavy (non-hydrogen) atoms. The summed E-state index contributed by atoms with van der Waals surface area (Å²) in [6.45, 7) is 7.57. The van der Waals surface area contributed by atoms with Gasteiger partial charge >= 0.3 is 0 Å². The Morgan fingerprint density at radius 1 is 1.39 bits per heavy atom. The molecule has 0 unspecified atom stereocenters. The van der Waals surface area contributed by atoms with Gasteiger partial charge in [-0.05, 0) is 30.3 Å². The monoisotopic (exact) mass is 386 g/mol. The van der Waals surface area contributed by atoms with Gasteiger partial charge in [0.05, 0.1) is 19.4 Å². The van der Waals surface area contributed by atoms with Crippen molar-refractivity contribution in [3.8, 4) is 5.88 Å². The normalized spacial score (nSPS) is 17.6. The van der Waals surface area contributed by atoms with Crippen LogP contribution in [-0.2, 0) is 11.3 Å². The number of nitrogens with one attached hydrogen (secondary N) is 1. The van der Waals surface area contributed by atoms with Gasteiger partial charge in [-0.2, -0.15) is 9.61 Å². The fourth-order valence-electron chi connectivity index (χ4n) is 3.49. The van der Waals surface area contributed by atoms with Crippen LogP contribution in [0.1, 0.15) is 56.0 Å². The highest BCUT2D eigenvalue weighted by atomic mass is 16.5. The molecule has 2 aromatic heterocycles. The van der Waals surface area contributed by atoms with E-state index < -0.39 is 17.3 Å². The Morgan fingerprint density at radius 2 is 2.14 bits per heavy atom. The number of hydrogen-bond acceptors (Lipinski definition) is 5. The number of nitrogens with zero attached hydrogens (tertiary/aromatic N) is 3. The van der Waals surface area contributed by atoms with Gasteiger partial charge in [-0.3, -0.25) is 14.2 Å². The first-order chi connectivity index (χ1) is 13.3. The lowest BCUT2D eigenvalue weighted by atomic mass is 9.96. The molecule has 2 N–H and O–H groups in total. The van der Waals surface area contributed by atoms with E-state index in [1.807, 2.05) is 26.8 Å². The van der Waals surface area contributed by atoms with Crippen LogP contribution in [0.4, 0.5) is 0 Å². The molecular weight excluding hydrogens is 360 g/mol. The minimum absolute atomic E-state index is 0.0821. The van der Waals surface area contributed by atoms with Crippen LogP contribution in [0.15, 0.2) is 17.1 Å². The van der Waals surface area contributed by atoms with Crippen LogP contribution in [0, 0.1) is 5.41 Å². The van der Waals surface area contributed by atoms with E-state index in [9.17, 15) is 14.7 Å². The molecule has 1 aliphatic heterocycles. The summed E-state index contributed by atoms with van der Waals surface area (Å²) in [6.07, 6.45) is 6.11. The molecule has 1 saturated carbocycles. The van der Waals surface area contributed by atoms with Gasteiger partial charge < -0.3 is 15.2 Å². The fourth-order valence-corrected chi connectivity index (χ4v) is 3.49. The number of hydrogen-bond donors (Lipinski definition) is 2. The Balaban J connectivity index is 1.95. The molecule has 8 nitrogen and oxygen atoms in total. The lowest BCUT2D eigenvalue weighted by Crippen LogP contribution is -2.37. The first-order valence-electron chi connectivity index (χ1n) is 9.68.